The Labute approximate surface area is 104 Å². The second kappa shape index (κ2) is 4.68. The maximum Gasteiger partial charge on any atom is 0.194 e. The van der Waals surface area contributed by atoms with Crippen LogP contribution in [0.25, 0.3) is 0 Å². The minimum atomic E-state index is -0.467. The molecule has 2 aromatic rings. The largest absolute Gasteiger partial charge is 0.289 e. The summed E-state index contributed by atoms with van der Waals surface area (Å²) in [6.07, 6.45) is 0. The highest BCUT2D eigenvalue weighted by Gasteiger charge is 2.13. The molecule has 17 heavy (non-hydrogen) atoms. The van der Waals surface area contributed by atoms with Crippen LogP contribution in [-0.2, 0) is 0 Å². The van der Waals surface area contributed by atoms with Crippen LogP contribution >= 0.6 is 11.6 Å². The van der Waals surface area contributed by atoms with Gasteiger partial charge in [-0.25, -0.2) is 4.39 Å². The van der Waals surface area contributed by atoms with E-state index < -0.39 is 5.82 Å². The fourth-order valence-electron chi connectivity index (χ4n) is 1.61. The van der Waals surface area contributed by atoms with Gasteiger partial charge in [-0.15, -0.1) is 0 Å². The lowest BCUT2D eigenvalue weighted by molar-refractivity contribution is 0.103. The highest BCUT2D eigenvalue weighted by Crippen LogP contribution is 2.21. The van der Waals surface area contributed by atoms with E-state index in [0.29, 0.717) is 5.56 Å². The Bertz CT molecular complexity index is 578. The van der Waals surface area contributed by atoms with Crippen molar-refractivity contribution in [3.63, 3.8) is 0 Å². The first-order valence-electron chi connectivity index (χ1n) is 5.14. The lowest BCUT2D eigenvalue weighted by Crippen LogP contribution is -2.03. The lowest BCUT2D eigenvalue weighted by Gasteiger charge is -2.04. The van der Waals surface area contributed by atoms with Gasteiger partial charge in [-0.2, -0.15) is 0 Å². The van der Waals surface area contributed by atoms with E-state index >= 15 is 0 Å². The Morgan fingerprint density at radius 2 is 1.94 bits per heavy atom. The summed E-state index contributed by atoms with van der Waals surface area (Å²) in [5, 5.41) is 0.262. The molecule has 0 saturated heterocycles. The van der Waals surface area contributed by atoms with Crippen LogP contribution in [0.3, 0.4) is 0 Å². The van der Waals surface area contributed by atoms with Gasteiger partial charge in [0.05, 0.1) is 5.02 Å². The molecule has 2 rings (SSSR count). The monoisotopic (exact) mass is 248 g/mol. The van der Waals surface area contributed by atoms with E-state index in [1.54, 1.807) is 18.2 Å². The molecule has 0 N–H and O–H groups in total. The average Bonchev–Trinajstić information content (AvgIpc) is 2.31. The molecule has 0 aromatic heterocycles. The minimum Gasteiger partial charge on any atom is -0.289 e. The van der Waals surface area contributed by atoms with E-state index in [-0.39, 0.29) is 16.4 Å². The van der Waals surface area contributed by atoms with Crippen molar-refractivity contribution in [2.24, 2.45) is 0 Å². The van der Waals surface area contributed by atoms with Gasteiger partial charge >= 0.3 is 0 Å². The van der Waals surface area contributed by atoms with Crippen molar-refractivity contribution in [2.45, 2.75) is 6.92 Å². The van der Waals surface area contributed by atoms with Gasteiger partial charge in [0, 0.05) is 11.1 Å². The van der Waals surface area contributed by atoms with Crippen molar-refractivity contribution in [1.29, 1.82) is 0 Å². The Kier molecular flexibility index (Phi) is 3.25. The van der Waals surface area contributed by atoms with Crippen LogP contribution in [0, 0.1) is 12.7 Å². The molecule has 0 unspecified atom stereocenters. The summed E-state index contributed by atoms with van der Waals surface area (Å²) in [7, 11) is 0. The normalized spacial score (nSPS) is 10.3. The number of hydrogen-bond donors (Lipinski definition) is 0. The summed E-state index contributed by atoms with van der Waals surface area (Å²) in [6, 6.07) is 10.9. The highest BCUT2D eigenvalue weighted by molar-refractivity contribution is 6.35. The van der Waals surface area contributed by atoms with Crippen molar-refractivity contribution < 1.29 is 9.18 Å². The molecule has 0 aliphatic carbocycles. The summed E-state index contributed by atoms with van der Waals surface area (Å²) in [5.41, 5.74) is 1.68. The van der Waals surface area contributed by atoms with E-state index in [2.05, 4.69) is 0 Å². The molecule has 0 aliphatic rings. The van der Waals surface area contributed by atoms with Crippen molar-refractivity contribution >= 4 is 17.4 Å². The summed E-state index contributed by atoms with van der Waals surface area (Å²) in [4.78, 5) is 12.1. The van der Waals surface area contributed by atoms with Gasteiger partial charge in [0.2, 0.25) is 0 Å². The predicted molar refractivity (Wildman–Crippen MR) is 66.0 cm³/mol. The highest BCUT2D eigenvalue weighted by atomic mass is 35.5. The van der Waals surface area contributed by atoms with Crippen molar-refractivity contribution in [3.05, 3.63) is 70.0 Å². The van der Waals surface area contributed by atoms with Gasteiger partial charge in [0.25, 0.3) is 0 Å². The molecule has 0 radical (unpaired) electrons. The zero-order valence-corrected chi connectivity index (χ0v) is 9.96. The Morgan fingerprint density at radius 1 is 1.18 bits per heavy atom. The van der Waals surface area contributed by atoms with E-state index in [4.69, 9.17) is 11.6 Å². The molecule has 0 atom stereocenters. The van der Waals surface area contributed by atoms with Crippen molar-refractivity contribution in [2.75, 3.05) is 0 Å². The first-order valence-corrected chi connectivity index (χ1v) is 5.52. The molecular weight excluding hydrogens is 239 g/mol. The van der Waals surface area contributed by atoms with Crippen LogP contribution in [0.15, 0.2) is 42.5 Å². The smallest absolute Gasteiger partial charge is 0.194 e. The topological polar surface area (TPSA) is 17.1 Å². The van der Waals surface area contributed by atoms with Crippen LogP contribution in [0.5, 0.6) is 0 Å². The molecule has 0 saturated carbocycles. The summed E-state index contributed by atoms with van der Waals surface area (Å²) < 4.78 is 13.1. The fraction of sp³-hybridized carbons (Fsp3) is 0.0714. The number of aryl methyl sites for hydroxylation is 1. The second-order valence-electron chi connectivity index (χ2n) is 3.82. The van der Waals surface area contributed by atoms with Crippen LogP contribution in [0.2, 0.25) is 5.02 Å². The summed E-state index contributed by atoms with van der Waals surface area (Å²) in [6.45, 7) is 1.89. The molecule has 3 heteroatoms. The van der Waals surface area contributed by atoms with E-state index in [1.807, 2.05) is 13.0 Å². The fourth-order valence-corrected chi connectivity index (χ4v) is 1.82. The molecule has 0 spiro atoms. The van der Waals surface area contributed by atoms with Crippen LogP contribution < -0.4 is 0 Å². The van der Waals surface area contributed by atoms with E-state index in [9.17, 15) is 9.18 Å². The van der Waals surface area contributed by atoms with Crippen LogP contribution in [0.1, 0.15) is 21.5 Å². The third-order valence-corrected chi connectivity index (χ3v) is 2.78. The number of carbonyl (C=O) groups excluding carboxylic acids is 1. The van der Waals surface area contributed by atoms with Gasteiger partial charge in [0.1, 0.15) is 5.82 Å². The third kappa shape index (κ3) is 2.53. The summed E-state index contributed by atoms with van der Waals surface area (Å²) in [5.74, 6) is -0.733. The van der Waals surface area contributed by atoms with Gasteiger partial charge in [0.15, 0.2) is 5.78 Å². The molecule has 0 heterocycles. The first kappa shape index (κ1) is 11.8. The number of rotatable bonds is 2. The molecule has 0 amide bonds. The molecule has 0 bridgehead atoms. The molecular formula is C14H10ClFO. The first-order chi connectivity index (χ1) is 8.08. The molecule has 1 nitrogen and oxygen atoms in total. The number of ketones is 1. The van der Waals surface area contributed by atoms with Gasteiger partial charge in [-0.3, -0.25) is 4.79 Å². The number of halogens is 2. The van der Waals surface area contributed by atoms with Crippen LogP contribution in [-0.4, -0.2) is 5.78 Å². The maximum atomic E-state index is 13.1. The molecule has 86 valence electrons. The summed E-state index contributed by atoms with van der Waals surface area (Å²) >= 11 is 5.89. The quantitative estimate of drug-likeness (QED) is 0.734. The lowest BCUT2D eigenvalue weighted by atomic mass is 10.0. The zero-order chi connectivity index (χ0) is 12.4. The average molecular weight is 249 g/mol. The Hall–Kier alpha value is -1.67. The second-order valence-corrected chi connectivity index (χ2v) is 4.23. The number of benzene rings is 2. The van der Waals surface area contributed by atoms with E-state index in [1.165, 1.54) is 12.1 Å². The van der Waals surface area contributed by atoms with Gasteiger partial charge in [-0.05, 0) is 31.2 Å². The maximum absolute atomic E-state index is 13.1. The molecule has 0 aliphatic heterocycles. The number of hydrogen-bond acceptors (Lipinski definition) is 1. The predicted octanol–water partition coefficient (Wildman–Crippen LogP) is 4.02. The van der Waals surface area contributed by atoms with Crippen molar-refractivity contribution in [1.82, 2.24) is 0 Å². The van der Waals surface area contributed by atoms with Crippen molar-refractivity contribution in [3.8, 4) is 0 Å². The minimum absolute atomic E-state index is 0.192. The zero-order valence-electron chi connectivity index (χ0n) is 9.21. The van der Waals surface area contributed by atoms with Gasteiger partial charge in [-0.1, -0.05) is 35.4 Å². The van der Waals surface area contributed by atoms with Crippen LogP contribution in [0.4, 0.5) is 4.39 Å². The number of carbonyl (C=O) groups is 1. The standard InChI is InChI=1S/C14H10ClFO/c1-9-3-2-4-10(7-9)14(17)12-8-11(16)5-6-13(12)15/h2-8H,1H3. The molecule has 0 fully saturated rings. The SMILES string of the molecule is Cc1cccc(C(=O)c2cc(F)ccc2Cl)c1. The Morgan fingerprint density at radius 3 is 2.65 bits per heavy atom. The molecule has 2 aromatic carbocycles. The van der Waals surface area contributed by atoms with E-state index in [0.717, 1.165) is 11.6 Å². The third-order valence-electron chi connectivity index (χ3n) is 2.45. The van der Waals surface area contributed by atoms with Gasteiger partial charge < -0.3 is 0 Å². The Balaban J connectivity index is 2.47.